The smallest absolute Gasteiger partial charge is 0.240 e. The third-order valence-electron chi connectivity index (χ3n) is 3.37. The number of sulfonamides is 1. The number of amides is 1. The number of nitrogens with zero attached hydrogens (tertiary/aromatic N) is 1. The van der Waals surface area contributed by atoms with Crippen molar-refractivity contribution in [1.29, 1.82) is 0 Å². The molecule has 0 unspecified atom stereocenters. The molecule has 0 aromatic heterocycles. The Morgan fingerprint density at radius 1 is 1.19 bits per heavy atom. The maximum absolute atomic E-state index is 13.9. The van der Waals surface area contributed by atoms with Crippen LogP contribution in [0.5, 0.6) is 0 Å². The Morgan fingerprint density at radius 3 is 2.44 bits per heavy atom. The van der Waals surface area contributed by atoms with E-state index in [4.69, 9.17) is 11.6 Å². The Hall–Kier alpha value is -1.84. The van der Waals surface area contributed by atoms with E-state index in [1.165, 1.54) is 11.8 Å². The van der Waals surface area contributed by atoms with E-state index in [2.05, 4.69) is 5.32 Å². The summed E-state index contributed by atoms with van der Waals surface area (Å²) in [5.41, 5.74) is -0.385. The van der Waals surface area contributed by atoms with Crippen molar-refractivity contribution < 1.29 is 22.0 Å². The first-order chi connectivity index (χ1) is 12.7. The highest BCUT2D eigenvalue weighted by Gasteiger charge is 2.23. The predicted octanol–water partition coefficient (Wildman–Crippen LogP) is 3.29. The van der Waals surface area contributed by atoms with E-state index in [1.807, 2.05) is 12.1 Å². The van der Waals surface area contributed by atoms with Gasteiger partial charge < -0.3 is 5.32 Å². The number of benzene rings is 2. The molecule has 0 fully saturated rings. The van der Waals surface area contributed by atoms with E-state index in [-0.39, 0.29) is 12.2 Å². The summed E-state index contributed by atoms with van der Waals surface area (Å²) in [7, 11) is -3.93. The van der Waals surface area contributed by atoms with Crippen molar-refractivity contribution in [3.8, 4) is 0 Å². The lowest BCUT2D eigenvalue weighted by molar-refractivity contribution is -0.119. The molecule has 0 radical (unpaired) electrons. The van der Waals surface area contributed by atoms with E-state index in [0.717, 1.165) is 23.3 Å². The minimum Gasteiger partial charge on any atom is -0.354 e. The lowest BCUT2D eigenvalue weighted by atomic mass is 10.3. The normalized spacial score (nSPS) is 11.3. The van der Waals surface area contributed by atoms with Crippen LogP contribution in [-0.4, -0.2) is 39.4 Å². The van der Waals surface area contributed by atoms with Crippen LogP contribution in [0.2, 0.25) is 5.02 Å². The highest BCUT2D eigenvalue weighted by atomic mass is 35.5. The van der Waals surface area contributed by atoms with E-state index < -0.39 is 34.1 Å². The number of hydrogen-bond acceptors (Lipinski definition) is 4. The zero-order valence-corrected chi connectivity index (χ0v) is 16.7. The van der Waals surface area contributed by atoms with Gasteiger partial charge in [-0.3, -0.25) is 9.10 Å². The Kier molecular flexibility index (Phi) is 7.46. The minimum atomic E-state index is -3.93. The van der Waals surface area contributed by atoms with Crippen LogP contribution in [0, 0.1) is 11.6 Å². The molecular weight excluding hydrogens is 418 g/mol. The van der Waals surface area contributed by atoms with Crippen molar-refractivity contribution in [2.75, 3.05) is 29.4 Å². The number of hydrogen-bond donors (Lipinski definition) is 1. The van der Waals surface area contributed by atoms with Gasteiger partial charge in [-0.15, -0.1) is 11.8 Å². The number of thioether (sulfide) groups is 1. The number of anilines is 1. The van der Waals surface area contributed by atoms with Gasteiger partial charge in [-0.2, -0.15) is 0 Å². The van der Waals surface area contributed by atoms with Crippen LogP contribution in [0.1, 0.15) is 0 Å². The van der Waals surface area contributed by atoms with E-state index in [1.54, 1.807) is 12.1 Å². The van der Waals surface area contributed by atoms with Gasteiger partial charge >= 0.3 is 0 Å². The van der Waals surface area contributed by atoms with Gasteiger partial charge in [-0.25, -0.2) is 17.2 Å². The number of carbonyl (C=O) groups excluding carboxylic acids is 1. The molecule has 5 nitrogen and oxygen atoms in total. The fourth-order valence-electron chi connectivity index (χ4n) is 2.14. The van der Waals surface area contributed by atoms with E-state index in [0.29, 0.717) is 21.1 Å². The number of halogens is 3. The first kappa shape index (κ1) is 21.5. The zero-order valence-electron chi connectivity index (χ0n) is 14.3. The zero-order chi connectivity index (χ0) is 20.0. The third-order valence-corrected chi connectivity index (χ3v) is 5.76. The summed E-state index contributed by atoms with van der Waals surface area (Å²) in [5, 5.41) is 3.21. The lowest BCUT2D eigenvalue weighted by Crippen LogP contribution is -2.41. The second kappa shape index (κ2) is 9.38. The molecule has 2 rings (SSSR count). The summed E-state index contributed by atoms with van der Waals surface area (Å²) >= 11 is 7.29. The van der Waals surface area contributed by atoms with Crippen LogP contribution in [0.25, 0.3) is 0 Å². The van der Waals surface area contributed by atoms with Crippen molar-refractivity contribution in [3.05, 3.63) is 59.1 Å². The van der Waals surface area contributed by atoms with Crippen LogP contribution in [0.4, 0.5) is 14.5 Å². The predicted molar refractivity (Wildman–Crippen MR) is 104 cm³/mol. The summed E-state index contributed by atoms with van der Waals surface area (Å²) < 4.78 is 51.4. The first-order valence-electron chi connectivity index (χ1n) is 7.74. The highest BCUT2D eigenvalue weighted by Crippen LogP contribution is 2.22. The Morgan fingerprint density at radius 2 is 1.85 bits per heavy atom. The molecule has 2 aromatic carbocycles. The Labute approximate surface area is 165 Å². The standard InChI is InChI=1S/C17H17ClF2N2O3S2/c1-27(24,25)22(16-7-4-13(19)10-15(16)20)11-17(23)21-8-9-26-14-5-2-12(18)3-6-14/h2-7,10H,8-9,11H2,1H3,(H,21,23). The fourth-order valence-corrected chi connectivity index (χ4v) is 3.89. The minimum absolute atomic E-state index is 0.287. The van der Waals surface area contributed by atoms with Crippen LogP contribution in [0.15, 0.2) is 47.4 Å². The maximum atomic E-state index is 13.9. The molecule has 0 aliphatic rings. The number of nitrogens with one attached hydrogen (secondary N) is 1. The first-order valence-corrected chi connectivity index (χ1v) is 11.0. The largest absolute Gasteiger partial charge is 0.354 e. The van der Waals surface area contributed by atoms with Crippen LogP contribution < -0.4 is 9.62 Å². The summed E-state index contributed by atoms with van der Waals surface area (Å²) in [5.74, 6) is -1.95. The van der Waals surface area contributed by atoms with Crippen LogP contribution >= 0.6 is 23.4 Å². The molecule has 0 bridgehead atoms. The van der Waals surface area contributed by atoms with Crippen molar-refractivity contribution in [2.24, 2.45) is 0 Å². The molecule has 0 saturated heterocycles. The molecule has 1 amide bonds. The molecule has 0 saturated carbocycles. The average molecular weight is 435 g/mol. The van der Waals surface area contributed by atoms with Gasteiger partial charge in [0.2, 0.25) is 15.9 Å². The van der Waals surface area contributed by atoms with Crippen molar-refractivity contribution in [2.45, 2.75) is 4.90 Å². The van der Waals surface area contributed by atoms with Crippen molar-refractivity contribution >= 4 is 45.0 Å². The summed E-state index contributed by atoms with van der Waals surface area (Å²) in [4.78, 5) is 13.0. The molecule has 27 heavy (non-hydrogen) atoms. The summed E-state index contributed by atoms with van der Waals surface area (Å²) in [6, 6.07) is 9.67. The molecule has 2 aromatic rings. The SMILES string of the molecule is CS(=O)(=O)N(CC(=O)NCCSc1ccc(Cl)cc1)c1ccc(F)cc1F. The van der Waals surface area contributed by atoms with E-state index in [9.17, 15) is 22.0 Å². The molecule has 0 atom stereocenters. The molecule has 0 aliphatic heterocycles. The molecule has 10 heteroatoms. The fraction of sp³-hybridized carbons (Fsp3) is 0.235. The van der Waals surface area contributed by atoms with Crippen molar-refractivity contribution in [1.82, 2.24) is 5.32 Å². The summed E-state index contributed by atoms with van der Waals surface area (Å²) in [6.45, 7) is -0.317. The van der Waals surface area contributed by atoms with Gasteiger partial charge in [0, 0.05) is 28.3 Å². The molecule has 146 valence electrons. The Balaban J connectivity index is 1.93. The second-order valence-corrected chi connectivity index (χ2v) is 9.03. The number of carbonyl (C=O) groups is 1. The highest BCUT2D eigenvalue weighted by molar-refractivity contribution is 7.99. The van der Waals surface area contributed by atoms with Crippen molar-refractivity contribution in [3.63, 3.8) is 0 Å². The second-order valence-electron chi connectivity index (χ2n) is 5.52. The average Bonchev–Trinajstić information content (AvgIpc) is 2.58. The van der Waals surface area contributed by atoms with Gasteiger partial charge in [-0.05, 0) is 36.4 Å². The monoisotopic (exact) mass is 434 g/mol. The van der Waals surface area contributed by atoms with Crippen LogP contribution in [-0.2, 0) is 14.8 Å². The Bertz CT molecular complexity index is 909. The van der Waals surface area contributed by atoms with Gasteiger partial charge in [-0.1, -0.05) is 11.6 Å². The van der Waals surface area contributed by atoms with Crippen LogP contribution in [0.3, 0.4) is 0 Å². The van der Waals surface area contributed by atoms with E-state index >= 15 is 0 Å². The third kappa shape index (κ3) is 6.67. The quantitative estimate of drug-likeness (QED) is 0.511. The van der Waals surface area contributed by atoms with Gasteiger partial charge in [0.05, 0.1) is 11.9 Å². The number of rotatable bonds is 8. The topological polar surface area (TPSA) is 66.5 Å². The lowest BCUT2D eigenvalue weighted by Gasteiger charge is -2.22. The molecular formula is C17H17ClF2N2O3S2. The van der Waals surface area contributed by atoms with Gasteiger partial charge in [0.15, 0.2) is 0 Å². The maximum Gasteiger partial charge on any atom is 0.240 e. The molecule has 0 aliphatic carbocycles. The molecule has 0 spiro atoms. The van der Waals surface area contributed by atoms with Gasteiger partial charge in [0.25, 0.3) is 0 Å². The van der Waals surface area contributed by atoms with Gasteiger partial charge in [0.1, 0.15) is 18.2 Å². The summed E-state index contributed by atoms with van der Waals surface area (Å²) in [6.07, 6.45) is 0.847. The molecule has 0 heterocycles. The molecule has 1 N–H and O–H groups in total.